The standard InChI is InChI=1S/C10H11ClO.C9H9ClO2/c1-2-9(10(11)12)8-6-4-3-5-7-8;1-7(9(10)11)12-8-5-3-2-4-6-8/h3-7,9H,2H2,1H3;2-7H,1H3. The first kappa shape index (κ1) is 20.2. The van der Waals surface area contributed by atoms with E-state index in [1.165, 1.54) is 0 Å². The largest absolute Gasteiger partial charge is 0.482 e. The van der Waals surface area contributed by atoms with E-state index in [0.717, 1.165) is 12.0 Å². The second kappa shape index (κ2) is 10.8. The minimum absolute atomic E-state index is 0.145. The maximum absolute atomic E-state index is 10.9. The molecule has 128 valence electrons. The van der Waals surface area contributed by atoms with Gasteiger partial charge in [0.25, 0.3) is 5.24 Å². The molecule has 2 atom stereocenters. The summed E-state index contributed by atoms with van der Waals surface area (Å²) in [6.45, 7) is 3.57. The van der Waals surface area contributed by atoms with Crippen LogP contribution in [0.5, 0.6) is 5.75 Å². The molecule has 0 aliphatic rings. The molecule has 0 heterocycles. The fourth-order valence-electron chi connectivity index (χ4n) is 1.96. The van der Waals surface area contributed by atoms with Crippen molar-refractivity contribution < 1.29 is 14.3 Å². The van der Waals surface area contributed by atoms with Gasteiger partial charge in [-0.3, -0.25) is 9.59 Å². The summed E-state index contributed by atoms with van der Waals surface area (Å²) in [4.78, 5) is 21.5. The molecule has 0 fully saturated rings. The van der Waals surface area contributed by atoms with Gasteiger partial charge in [-0.05, 0) is 54.2 Å². The summed E-state index contributed by atoms with van der Waals surface area (Å²) >= 11 is 10.7. The number of carbonyl (C=O) groups excluding carboxylic acids is 2. The molecule has 0 spiro atoms. The molecular weight excluding hydrogens is 347 g/mol. The van der Waals surface area contributed by atoms with Crippen LogP contribution in [-0.4, -0.2) is 16.6 Å². The van der Waals surface area contributed by atoms with E-state index >= 15 is 0 Å². The first-order valence-corrected chi connectivity index (χ1v) is 8.36. The number of hydrogen-bond donors (Lipinski definition) is 0. The van der Waals surface area contributed by atoms with Gasteiger partial charge in [0.2, 0.25) is 5.24 Å². The molecule has 0 saturated heterocycles. The molecule has 5 heteroatoms. The van der Waals surface area contributed by atoms with E-state index in [0.29, 0.717) is 5.75 Å². The quantitative estimate of drug-likeness (QED) is 0.662. The average molecular weight is 367 g/mol. The molecule has 3 nitrogen and oxygen atoms in total. The minimum atomic E-state index is -0.589. The van der Waals surface area contributed by atoms with Gasteiger partial charge in [-0.15, -0.1) is 0 Å². The smallest absolute Gasteiger partial charge is 0.262 e. The Morgan fingerprint density at radius 3 is 1.83 bits per heavy atom. The van der Waals surface area contributed by atoms with Crippen LogP contribution >= 0.6 is 23.2 Å². The van der Waals surface area contributed by atoms with Crippen molar-refractivity contribution in [3.8, 4) is 5.75 Å². The van der Waals surface area contributed by atoms with E-state index in [-0.39, 0.29) is 11.2 Å². The lowest BCUT2D eigenvalue weighted by molar-refractivity contribution is -0.117. The number of ether oxygens (including phenoxy) is 1. The van der Waals surface area contributed by atoms with Crippen molar-refractivity contribution in [2.75, 3.05) is 0 Å². The van der Waals surface area contributed by atoms with Crippen molar-refractivity contribution in [1.82, 2.24) is 0 Å². The Morgan fingerprint density at radius 1 is 0.917 bits per heavy atom. The van der Waals surface area contributed by atoms with E-state index < -0.39 is 11.3 Å². The van der Waals surface area contributed by atoms with E-state index in [1.807, 2.05) is 55.5 Å². The Bertz CT molecular complexity index is 630. The van der Waals surface area contributed by atoms with Crippen molar-refractivity contribution in [2.24, 2.45) is 0 Å². The zero-order valence-electron chi connectivity index (χ0n) is 13.6. The first-order chi connectivity index (χ1) is 11.5. The van der Waals surface area contributed by atoms with E-state index in [1.54, 1.807) is 19.1 Å². The lowest BCUT2D eigenvalue weighted by atomic mass is 9.98. The maximum atomic E-state index is 10.9. The van der Waals surface area contributed by atoms with Gasteiger partial charge in [-0.1, -0.05) is 55.5 Å². The van der Waals surface area contributed by atoms with Crippen molar-refractivity contribution in [2.45, 2.75) is 32.3 Å². The molecule has 2 aromatic rings. The third-order valence-corrected chi connectivity index (χ3v) is 3.83. The summed E-state index contributed by atoms with van der Waals surface area (Å²) in [5.74, 6) is 0.506. The topological polar surface area (TPSA) is 43.4 Å². The normalized spacial score (nSPS) is 12.3. The number of rotatable bonds is 6. The third kappa shape index (κ3) is 7.16. The monoisotopic (exact) mass is 366 g/mol. The molecule has 2 aromatic carbocycles. The van der Waals surface area contributed by atoms with E-state index in [2.05, 4.69) is 0 Å². The van der Waals surface area contributed by atoms with Crippen molar-refractivity contribution >= 4 is 33.7 Å². The Hall–Kier alpha value is -1.84. The maximum Gasteiger partial charge on any atom is 0.262 e. The van der Waals surface area contributed by atoms with E-state index in [4.69, 9.17) is 27.9 Å². The van der Waals surface area contributed by atoms with Crippen LogP contribution in [0.15, 0.2) is 60.7 Å². The summed E-state index contributed by atoms with van der Waals surface area (Å²) in [5.41, 5.74) is 1.00. The van der Waals surface area contributed by atoms with Gasteiger partial charge >= 0.3 is 0 Å². The highest BCUT2D eigenvalue weighted by atomic mass is 35.5. The molecule has 0 radical (unpaired) electrons. The van der Waals surface area contributed by atoms with Gasteiger partial charge < -0.3 is 4.74 Å². The summed E-state index contributed by atoms with van der Waals surface area (Å²) in [7, 11) is 0. The summed E-state index contributed by atoms with van der Waals surface area (Å²) in [5, 5.41) is -0.762. The average Bonchev–Trinajstić information content (AvgIpc) is 2.57. The molecular formula is C19H20Cl2O3. The second-order valence-electron chi connectivity index (χ2n) is 5.05. The zero-order chi connectivity index (χ0) is 17.9. The van der Waals surface area contributed by atoms with E-state index in [9.17, 15) is 9.59 Å². The highest BCUT2D eigenvalue weighted by Gasteiger charge is 2.15. The third-order valence-electron chi connectivity index (χ3n) is 3.26. The Morgan fingerprint density at radius 2 is 1.42 bits per heavy atom. The number of carbonyl (C=O) groups is 2. The van der Waals surface area contributed by atoms with Gasteiger partial charge in [0.05, 0.1) is 5.92 Å². The Balaban J connectivity index is 0.000000240. The van der Waals surface area contributed by atoms with Gasteiger partial charge in [-0.2, -0.15) is 0 Å². The molecule has 2 rings (SSSR count). The predicted molar refractivity (Wildman–Crippen MR) is 97.7 cm³/mol. The minimum Gasteiger partial charge on any atom is -0.482 e. The molecule has 0 amide bonds. The summed E-state index contributed by atoms with van der Waals surface area (Å²) in [6, 6.07) is 18.7. The Labute approximate surface area is 152 Å². The number of hydrogen-bond acceptors (Lipinski definition) is 3. The molecule has 0 saturated carbocycles. The van der Waals surface area contributed by atoms with Crippen molar-refractivity contribution in [3.63, 3.8) is 0 Å². The molecule has 0 bridgehead atoms. The van der Waals surface area contributed by atoms with Crippen LogP contribution in [0.25, 0.3) is 0 Å². The second-order valence-corrected chi connectivity index (χ2v) is 5.80. The number of para-hydroxylation sites is 1. The highest BCUT2D eigenvalue weighted by molar-refractivity contribution is 6.65. The zero-order valence-corrected chi connectivity index (χ0v) is 15.1. The molecule has 0 aliphatic carbocycles. The summed E-state index contributed by atoms with van der Waals surface area (Å²) in [6.07, 6.45) is 0.167. The van der Waals surface area contributed by atoms with Crippen molar-refractivity contribution in [3.05, 3.63) is 66.2 Å². The predicted octanol–water partition coefficient (Wildman–Crippen LogP) is 5.16. The highest BCUT2D eigenvalue weighted by Crippen LogP contribution is 2.21. The van der Waals surface area contributed by atoms with Crippen LogP contribution in [-0.2, 0) is 9.59 Å². The lowest BCUT2D eigenvalue weighted by Gasteiger charge is -2.09. The van der Waals surface area contributed by atoms with Gasteiger partial charge in [0.15, 0.2) is 6.10 Å². The van der Waals surface area contributed by atoms with Crippen LogP contribution in [0.1, 0.15) is 31.7 Å². The van der Waals surface area contributed by atoms with Crippen LogP contribution in [0, 0.1) is 0 Å². The molecule has 0 N–H and O–H groups in total. The molecule has 24 heavy (non-hydrogen) atoms. The fraction of sp³-hybridized carbons (Fsp3) is 0.263. The van der Waals surface area contributed by atoms with Gasteiger partial charge in [0, 0.05) is 0 Å². The van der Waals surface area contributed by atoms with Crippen molar-refractivity contribution in [1.29, 1.82) is 0 Å². The van der Waals surface area contributed by atoms with Crippen LogP contribution in [0.3, 0.4) is 0 Å². The lowest BCUT2D eigenvalue weighted by Crippen LogP contribution is -2.18. The van der Waals surface area contributed by atoms with Gasteiger partial charge in [0.1, 0.15) is 5.75 Å². The first-order valence-electron chi connectivity index (χ1n) is 7.61. The summed E-state index contributed by atoms with van der Waals surface area (Å²) < 4.78 is 5.19. The van der Waals surface area contributed by atoms with Crippen LogP contribution < -0.4 is 4.74 Å². The number of benzene rings is 2. The fourth-order valence-corrected chi connectivity index (χ4v) is 2.29. The molecule has 0 aromatic heterocycles. The van der Waals surface area contributed by atoms with Gasteiger partial charge in [-0.25, -0.2) is 0 Å². The SMILES string of the molecule is CC(Oc1ccccc1)C(=O)Cl.CCC(C(=O)Cl)c1ccccc1. The molecule has 0 aliphatic heterocycles. The Kier molecular flexibility index (Phi) is 9.13. The molecule has 2 unspecified atom stereocenters. The number of halogens is 2. The van der Waals surface area contributed by atoms with Crippen LogP contribution in [0.2, 0.25) is 0 Å². The van der Waals surface area contributed by atoms with Crippen LogP contribution in [0.4, 0.5) is 0 Å².